The van der Waals surface area contributed by atoms with Gasteiger partial charge in [0.05, 0.1) is 10.5 Å². The molecule has 3 rings (SSSR count). The molecule has 1 aliphatic rings. The highest BCUT2D eigenvalue weighted by atomic mass is 79.9. The molecule has 8 heteroatoms. The molecule has 1 saturated heterocycles. The van der Waals surface area contributed by atoms with Gasteiger partial charge in [-0.05, 0) is 24.1 Å². The minimum Gasteiger partial charge on any atom is -0.325 e. The number of H-pyrrole nitrogens is 1. The molecule has 1 aliphatic heterocycles. The van der Waals surface area contributed by atoms with E-state index in [0.717, 1.165) is 5.56 Å². The quantitative estimate of drug-likeness (QED) is 0.579. The maximum Gasteiger partial charge on any atom is 0.264 e. The van der Waals surface area contributed by atoms with Gasteiger partial charge in [0.1, 0.15) is 6.04 Å². The molecule has 0 spiro atoms. The van der Waals surface area contributed by atoms with Crippen LogP contribution < -0.4 is 21.7 Å². The van der Waals surface area contributed by atoms with E-state index in [4.69, 9.17) is 0 Å². The Bertz CT molecular complexity index is 802. The fraction of sp³-hybridized carbons (Fsp3) is 0.353. The van der Waals surface area contributed by atoms with Crippen LogP contribution >= 0.6 is 15.9 Å². The number of halogens is 1. The highest BCUT2D eigenvalue weighted by Gasteiger charge is 2.39. The molecule has 0 aliphatic carbocycles. The Morgan fingerprint density at radius 2 is 2.04 bits per heavy atom. The van der Waals surface area contributed by atoms with Crippen molar-refractivity contribution in [2.75, 3.05) is 5.32 Å². The van der Waals surface area contributed by atoms with Crippen LogP contribution in [0.2, 0.25) is 0 Å². The molecule has 132 valence electrons. The second-order valence-corrected chi connectivity index (χ2v) is 7.41. The number of nitrogens with one attached hydrogen (secondary N) is 4. The van der Waals surface area contributed by atoms with Gasteiger partial charge in [0.25, 0.3) is 5.56 Å². The van der Waals surface area contributed by atoms with E-state index in [1.165, 1.54) is 6.07 Å². The highest BCUT2D eigenvalue weighted by molar-refractivity contribution is 9.09. The SMILES string of the molecule is CC(C)C1NNC(C(=O)Nc2cccc(-c3ccc(=O)[nH]n3)c2)C1Br. The number of hydrazine groups is 1. The second-order valence-electron chi connectivity index (χ2n) is 6.36. The number of anilines is 1. The van der Waals surface area contributed by atoms with E-state index < -0.39 is 0 Å². The largest absolute Gasteiger partial charge is 0.325 e. The summed E-state index contributed by atoms with van der Waals surface area (Å²) < 4.78 is 0. The van der Waals surface area contributed by atoms with E-state index in [1.54, 1.807) is 6.07 Å². The zero-order valence-electron chi connectivity index (χ0n) is 13.9. The highest BCUT2D eigenvalue weighted by Crippen LogP contribution is 2.24. The molecule has 1 aromatic carbocycles. The molecule has 25 heavy (non-hydrogen) atoms. The second kappa shape index (κ2) is 7.47. The molecular formula is C17H20BrN5O2. The number of benzene rings is 1. The molecule has 0 bridgehead atoms. The molecule has 2 heterocycles. The Morgan fingerprint density at radius 3 is 2.68 bits per heavy atom. The van der Waals surface area contributed by atoms with Gasteiger partial charge in [0.15, 0.2) is 0 Å². The van der Waals surface area contributed by atoms with Gasteiger partial charge in [-0.2, -0.15) is 5.10 Å². The lowest BCUT2D eigenvalue weighted by Gasteiger charge is -2.19. The molecule has 7 nitrogen and oxygen atoms in total. The van der Waals surface area contributed by atoms with Gasteiger partial charge in [-0.1, -0.05) is 41.9 Å². The average molecular weight is 406 g/mol. The fourth-order valence-electron chi connectivity index (χ4n) is 2.78. The van der Waals surface area contributed by atoms with E-state index in [-0.39, 0.29) is 28.4 Å². The summed E-state index contributed by atoms with van der Waals surface area (Å²) in [7, 11) is 0. The summed E-state index contributed by atoms with van der Waals surface area (Å²) in [6, 6.07) is 10.2. The van der Waals surface area contributed by atoms with Crippen molar-refractivity contribution in [2.45, 2.75) is 30.8 Å². The Labute approximate surface area is 153 Å². The van der Waals surface area contributed by atoms with Crippen molar-refractivity contribution in [3.8, 4) is 11.3 Å². The minimum absolute atomic E-state index is 0.00320. The van der Waals surface area contributed by atoms with E-state index in [1.807, 2.05) is 24.3 Å². The molecule has 1 fully saturated rings. The Kier molecular flexibility index (Phi) is 5.31. The monoisotopic (exact) mass is 405 g/mol. The molecule has 2 aromatic rings. The van der Waals surface area contributed by atoms with Crippen LogP contribution in [0.4, 0.5) is 5.69 Å². The summed E-state index contributed by atoms with van der Waals surface area (Å²) >= 11 is 3.61. The first kappa shape index (κ1) is 17.8. The summed E-state index contributed by atoms with van der Waals surface area (Å²) in [6.07, 6.45) is 0. The van der Waals surface area contributed by atoms with Crippen LogP contribution in [0.1, 0.15) is 13.8 Å². The summed E-state index contributed by atoms with van der Waals surface area (Å²) in [5.41, 5.74) is 8.07. The molecule has 0 saturated carbocycles. The van der Waals surface area contributed by atoms with Gasteiger partial charge < -0.3 is 5.32 Å². The maximum atomic E-state index is 12.6. The third-order valence-electron chi connectivity index (χ3n) is 4.17. The third kappa shape index (κ3) is 3.97. The lowest BCUT2D eigenvalue weighted by atomic mass is 9.99. The number of aromatic nitrogens is 2. The van der Waals surface area contributed by atoms with E-state index in [0.29, 0.717) is 17.3 Å². The number of amides is 1. The molecular weight excluding hydrogens is 386 g/mol. The van der Waals surface area contributed by atoms with Crippen LogP contribution in [0.3, 0.4) is 0 Å². The molecule has 3 atom stereocenters. The number of hydrogen-bond donors (Lipinski definition) is 4. The lowest BCUT2D eigenvalue weighted by Crippen LogP contribution is -2.42. The number of carbonyl (C=O) groups excluding carboxylic acids is 1. The fourth-order valence-corrected chi connectivity index (χ4v) is 3.89. The van der Waals surface area contributed by atoms with Crippen molar-refractivity contribution >= 4 is 27.5 Å². The third-order valence-corrected chi connectivity index (χ3v) is 5.27. The van der Waals surface area contributed by atoms with Crippen molar-refractivity contribution in [2.24, 2.45) is 5.92 Å². The smallest absolute Gasteiger partial charge is 0.264 e. The maximum absolute atomic E-state index is 12.6. The number of rotatable bonds is 4. The van der Waals surface area contributed by atoms with Crippen LogP contribution in [0.25, 0.3) is 11.3 Å². The van der Waals surface area contributed by atoms with E-state index in [9.17, 15) is 9.59 Å². The first-order valence-corrected chi connectivity index (χ1v) is 8.99. The standard InChI is InChI=1S/C17H20BrN5O2/c1-9(2)15-14(18)16(23-22-15)17(25)19-11-5-3-4-10(8-11)12-6-7-13(24)21-20-12/h3-9,14-16,22-23H,1-2H3,(H,19,25)(H,21,24). The number of nitrogens with zero attached hydrogens (tertiary/aromatic N) is 1. The molecule has 0 radical (unpaired) electrons. The van der Waals surface area contributed by atoms with Gasteiger partial charge in [0.2, 0.25) is 5.91 Å². The topological polar surface area (TPSA) is 98.9 Å². The predicted molar refractivity (Wildman–Crippen MR) is 100 cm³/mol. The Balaban J connectivity index is 1.73. The van der Waals surface area contributed by atoms with Crippen molar-refractivity contribution in [3.63, 3.8) is 0 Å². The van der Waals surface area contributed by atoms with Crippen molar-refractivity contribution < 1.29 is 4.79 Å². The van der Waals surface area contributed by atoms with E-state index >= 15 is 0 Å². The van der Waals surface area contributed by atoms with Crippen LogP contribution in [0.5, 0.6) is 0 Å². The Morgan fingerprint density at radius 1 is 1.24 bits per heavy atom. The molecule has 1 aromatic heterocycles. The van der Waals surface area contributed by atoms with Crippen LogP contribution in [0.15, 0.2) is 41.2 Å². The van der Waals surface area contributed by atoms with E-state index in [2.05, 4.69) is 56.1 Å². The normalized spacial score (nSPS) is 23.0. The van der Waals surface area contributed by atoms with Crippen molar-refractivity contribution in [3.05, 3.63) is 46.8 Å². The van der Waals surface area contributed by atoms with Gasteiger partial charge in [-0.25, -0.2) is 10.5 Å². The lowest BCUT2D eigenvalue weighted by molar-refractivity contribution is -0.117. The number of hydrogen-bond acceptors (Lipinski definition) is 5. The number of carbonyl (C=O) groups is 1. The zero-order chi connectivity index (χ0) is 18.0. The van der Waals surface area contributed by atoms with Gasteiger partial charge in [0, 0.05) is 23.4 Å². The minimum atomic E-state index is -0.373. The molecule has 4 N–H and O–H groups in total. The van der Waals surface area contributed by atoms with Crippen LogP contribution in [0, 0.1) is 5.92 Å². The zero-order valence-corrected chi connectivity index (χ0v) is 15.5. The first-order chi connectivity index (χ1) is 12.0. The predicted octanol–water partition coefficient (Wildman–Crippen LogP) is 1.64. The Hall–Kier alpha value is -2.03. The van der Waals surface area contributed by atoms with Crippen molar-refractivity contribution in [1.82, 2.24) is 21.0 Å². The number of aromatic amines is 1. The average Bonchev–Trinajstić information content (AvgIpc) is 2.97. The van der Waals surface area contributed by atoms with Gasteiger partial charge in [-0.15, -0.1) is 0 Å². The van der Waals surface area contributed by atoms with Crippen LogP contribution in [-0.2, 0) is 4.79 Å². The van der Waals surface area contributed by atoms with Gasteiger partial charge in [-0.3, -0.25) is 15.0 Å². The van der Waals surface area contributed by atoms with Gasteiger partial charge >= 0.3 is 0 Å². The summed E-state index contributed by atoms with van der Waals surface area (Å²) in [5, 5.41) is 9.34. The summed E-state index contributed by atoms with van der Waals surface area (Å²) in [5.74, 6) is 0.272. The molecule has 1 amide bonds. The first-order valence-electron chi connectivity index (χ1n) is 8.08. The number of alkyl halides is 1. The van der Waals surface area contributed by atoms with Crippen LogP contribution in [-0.4, -0.2) is 33.0 Å². The molecule has 3 unspecified atom stereocenters. The summed E-state index contributed by atoms with van der Waals surface area (Å²) in [4.78, 5) is 23.7. The summed E-state index contributed by atoms with van der Waals surface area (Å²) in [6.45, 7) is 4.21. The van der Waals surface area contributed by atoms with Crippen molar-refractivity contribution in [1.29, 1.82) is 0 Å².